The van der Waals surface area contributed by atoms with E-state index in [2.05, 4.69) is 21.4 Å². The number of benzene rings is 1. The molecule has 2 aliphatic heterocycles. The van der Waals surface area contributed by atoms with Crippen molar-refractivity contribution in [1.29, 1.82) is 0 Å². The van der Waals surface area contributed by atoms with Gasteiger partial charge in [0.25, 0.3) is 0 Å². The van der Waals surface area contributed by atoms with E-state index in [1.54, 1.807) is 23.2 Å². The van der Waals surface area contributed by atoms with Gasteiger partial charge in [-0.2, -0.15) is 4.98 Å². The van der Waals surface area contributed by atoms with E-state index in [1.165, 1.54) is 20.3 Å². The lowest BCUT2D eigenvalue weighted by Crippen LogP contribution is -2.48. The second-order valence-electron chi connectivity index (χ2n) is 9.20. The third-order valence-electron chi connectivity index (χ3n) is 7.10. The third kappa shape index (κ3) is 5.40. The summed E-state index contributed by atoms with van der Waals surface area (Å²) in [4.78, 5) is 26.3. The number of aromatic nitrogens is 2. The Bertz CT molecular complexity index is 1220. The number of ether oxygens (including phenoxy) is 2. The first-order valence-corrected chi connectivity index (χ1v) is 13.0. The van der Waals surface area contributed by atoms with Gasteiger partial charge in [-0.05, 0) is 32.0 Å². The Balaban J connectivity index is 1.62. The van der Waals surface area contributed by atoms with E-state index >= 15 is 0 Å². The van der Waals surface area contributed by atoms with E-state index in [4.69, 9.17) is 38.4 Å². The van der Waals surface area contributed by atoms with Crippen LogP contribution in [-0.2, 0) is 4.79 Å². The highest BCUT2D eigenvalue weighted by Gasteiger charge is 2.34. The Labute approximate surface area is 232 Å². The van der Waals surface area contributed by atoms with Gasteiger partial charge in [0.1, 0.15) is 17.3 Å². The van der Waals surface area contributed by atoms with Crippen LogP contribution in [0.25, 0.3) is 11.6 Å². The summed E-state index contributed by atoms with van der Waals surface area (Å²) in [5.41, 5.74) is 7.42. The molecule has 0 aliphatic carbocycles. The zero-order valence-corrected chi connectivity index (χ0v) is 23.2. The second-order valence-corrected chi connectivity index (χ2v) is 9.96. The van der Waals surface area contributed by atoms with Gasteiger partial charge < -0.3 is 35.0 Å². The van der Waals surface area contributed by atoms with Crippen molar-refractivity contribution in [1.82, 2.24) is 19.8 Å². The van der Waals surface area contributed by atoms with Crippen LogP contribution in [0.4, 0.5) is 11.8 Å². The fourth-order valence-electron chi connectivity index (χ4n) is 4.93. The first-order valence-electron chi connectivity index (χ1n) is 12.2. The topological polar surface area (TPSA) is 117 Å². The van der Waals surface area contributed by atoms with Crippen molar-refractivity contribution in [2.45, 2.75) is 25.1 Å². The lowest BCUT2D eigenvalue weighted by atomic mass is 9.96. The van der Waals surface area contributed by atoms with E-state index in [1.807, 2.05) is 11.9 Å². The second kappa shape index (κ2) is 11.8. The molecule has 1 atom stereocenters. The molecular weight excluding hydrogens is 531 g/mol. The SMILES string of the molecule is C=CC(=O)N1CCC(N(C)CCN2c3nc(N)ncc3C=C(c3c(Cl)c(OC)cc(OC)c3Cl)C2O)CC1. The molecule has 2 aromatic rings. The zero-order valence-electron chi connectivity index (χ0n) is 21.7. The summed E-state index contributed by atoms with van der Waals surface area (Å²) in [6.07, 6.45) is 5.27. The fraction of sp³-hybridized carbons (Fsp3) is 0.423. The van der Waals surface area contributed by atoms with Crippen LogP contribution in [-0.4, -0.2) is 90.5 Å². The van der Waals surface area contributed by atoms with Crippen LogP contribution in [0.2, 0.25) is 10.0 Å². The van der Waals surface area contributed by atoms with Crippen molar-refractivity contribution in [2.24, 2.45) is 0 Å². The molecule has 204 valence electrons. The maximum Gasteiger partial charge on any atom is 0.245 e. The predicted octanol–water partition coefficient (Wildman–Crippen LogP) is 3.17. The number of nitrogens with two attached hydrogens (primary N) is 1. The summed E-state index contributed by atoms with van der Waals surface area (Å²) in [6.45, 7) is 5.99. The molecular formula is C26H32Cl2N6O4. The summed E-state index contributed by atoms with van der Waals surface area (Å²) in [5.74, 6) is 1.30. The Morgan fingerprint density at radius 2 is 1.89 bits per heavy atom. The van der Waals surface area contributed by atoms with Crippen molar-refractivity contribution in [2.75, 3.05) is 58.1 Å². The number of carbonyl (C=O) groups is 1. The molecule has 38 heavy (non-hydrogen) atoms. The molecule has 0 bridgehead atoms. The molecule has 12 heteroatoms. The molecule has 0 radical (unpaired) electrons. The quantitative estimate of drug-likeness (QED) is 0.467. The average molecular weight is 563 g/mol. The molecule has 1 saturated heterocycles. The summed E-state index contributed by atoms with van der Waals surface area (Å²) in [5, 5.41) is 12.1. The zero-order chi connectivity index (χ0) is 27.6. The molecule has 1 aromatic carbocycles. The van der Waals surface area contributed by atoms with Crippen LogP contribution in [0.15, 0.2) is 24.9 Å². The Morgan fingerprint density at radius 1 is 1.26 bits per heavy atom. The number of methoxy groups -OCH3 is 2. The Kier molecular flexibility index (Phi) is 8.67. The lowest BCUT2D eigenvalue weighted by molar-refractivity contribution is -0.127. The van der Waals surface area contributed by atoms with Crippen LogP contribution in [0.5, 0.6) is 11.5 Å². The van der Waals surface area contributed by atoms with Crippen LogP contribution in [0, 0.1) is 0 Å². The number of likely N-dealkylation sites (N-methyl/N-ethyl adjacent to an activating group) is 1. The summed E-state index contributed by atoms with van der Waals surface area (Å²) in [6, 6.07) is 1.89. The van der Waals surface area contributed by atoms with E-state index < -0.39 is 6.23 Å². The molecule has 1 fully saturated rings. The summed E-state index contributed by atoms with van der Waals surface area (Å²) < 4.78 is 10.9. The van der Waals surface area contributed by atoms with Crippen molar-refractivity contribution in [3.63, 3.8) is 0 Å². The highest BCUT2D eigenvalue weighted by atomic mass is 35.5. The van der Waals surface area contributed by atoms with Gasteiger partial charge in [0.05, 0.1) is 24.3 Å². The number of aliphatic hydroxyl groups excluding tert-OH is 1. The van der Waals surface area contributed by atoms with Crippen LogP contribution >= 0.6 is 23.2 Å². The number of nitrogens with zero attached hydrogens (tertiary/aromatic N) is 5. The fourth-order valence-corrected chi connectivity index (χ4v) is 5.64. The van der Waals surface area contributed by atoms with E-state index in [0.29, 0.717) is 66.2 Å². The van der Waals surface area contributed by atoms with Gasteiger partial charge in [-0.3, -0.25) is 4.79 Å². The van der Waals surface area contributed by atoms with Gasteiger partial charge in [0.15, 0.2) is 6.23 Å². The highest BCUT2D eigenvalue weighted by Crippen LogP contribution is 2.47. The number of halogens is 2. The number of hydrogen-bond donors (Lipinski definition) is 2. The Morgan fingerprint density at radius 3 is 2.47 bits per heavy atom. The van der Waals surface area contributed by atoms with Gasteiger partial charge in [-0.15, -0.1) is 0 Å². The van der Waals surface area contributed by atoms with E-state index in [-0.39, 0.29) is 21.9 Å². The number of fused-ring (bicyclic) bond motifs is 1. The van der Waals surface area contributed by atoms with Crippen molar-refractivity contribution in [3.8, 4) is 11.5 Å². The smallest absolute Gasteiger partial charge is 0.245 e. The van der Waals surface area contributed by atoms with Crippen LogP contribution in [0.3, 0.4) is 0 Å². The number of rotatable bonds is 8. The Hall–Kier alpha value is -3.05. The maximum atomic E-state index is 11.9. The minimum Gasteiger partial charge on any atom is -0.495 e. The van der Waals surface area contributed by atoms with Crippen molar-refractivity contribution >= 4 is 52.5 Å². The molecule has 3 N–H and O–H groups in total. The predicted molar refractivity (Wildman–Crippen MR) is 150 cm³/mol. The minimum atomic E-state index is -1.14. The molecule has 0 saturated carbocycles. The van der Waals surface area contributed by atoms with Gasteiger partial charge >= 0.3 is 0 Å². The number of carbonyl (C=O) groups excluding carboxylic acids is 1. The first kappa shape index (κ1) is 28.0. The van der Waals surface area contributed by atoms with E-state index in [9.17, 15) is 9.90 Å². The molecule has 2 aliphatic rings. The molecule has 4 rings (SSSR count). The molecule has 3 heterocycles. The van der Waals surface area contributed by atoms with Gasteiger partial charge in [-0.25, -0.2) is 4.98 Å². The standard InChI is InChI=1S/C26H32Cl2N6O4/c1-5-20(35)33-8-6-16(7-9-33)32(2)10-11-34-24-15(14-30-26(29)31-24)12-17(25(34)36)21-22(27)18(37-3)13-19(38-4)23(21)28/h5,12-14,16,25,36H,1,6-11H2,2-4H3,(H2,29,30,31). The van der Waals surface area contributed by atoms with E-state index in [0.717, 1.165) is 12.8 Å². The largest absolute Gasteiger partial charge is 0.495 e. The number of nitrogen functional groups attached to an aromatic ring is 1. The number of aliphatic hydroxyl groups is 1. The first-order chi connectivity index (χ1) is 18.2. The molecule has 1 amide bonds. The van der Waals surface area contributed by atoms with Crippen molar-refractivity contribution in [3.05, 3.63) is 46.1 Å². The summed E-state index contributed by atoms with van der Waals surface area (Å²) in [7, 11) is 5.03. The van der Waals surface area contributed by atoms with Gasteiger partial charge in [0.2, 0.25) is 11.9 Å². The average Bonchev–Trinajstić information content (AvgIpc) is 2.92. The summed E-state index contributed by atoms with van der Waals surface area (Å²) >= 11 is 13.4. The molecule has 1 unspecified atom stereocenters. The van der Waals surface area contributed by atoms with Crippen LogP contribution < -0.4 is 20.1 Å². The number of hydrogen-bond acceptors (Lipinski definition) is 9. The molecule has 1 aromatic heterocycles. The maximum absolute atomic E-state index is 11.9. The molecule has 10 nitrogen and oxygen atoms in total. The van der Waals surface area contributed by atoms with Crippen LogP contribution in [0.1, 0.15) is 24.0 Å². The third-order valence-corrected chi connectivity index (χ3v) is 7.85. The number of anilines is 2. The van der Waals surface area contributed by atoms with Crippen molar-refractivity contribution < 1.29 is 19.4 Å². The van der Waals surface area contributed by atoms with Gasteiger partial charge in [0, 0.05) is 61.2 Å². The number of piperidine rings is 1. The number of likely N-dealkylation sites (tertiary alicyclic amines) is 1. The number of amides is 1. The lowest BCUT2D eigenvalue weighted by Gasteiger charge is -2.39. The normalized spacial score (nSPS) is 17.8. The monoisotopic (exact) mass is 562 g/mol. The highest BCUT2D eigenvalue weighted by molar-refractivity contribution is 6.40. The van der Waals surface area contributed by atoms with Gasteiger partial charge in [-0.1, -0.05) is 29.8 Å². The minimum absolute atomic E-state index is 0.0396. The molecule has 0 spiro atoms.